The lowest BCUT2D eigenvalue weighted by Gasteiger charge is -2.27. The highest BCUT2D eigenvalue weighted by molar-refractivity contribution is 5.75. The molecule has 9 heteroatoms. The molecular weight excluding hydrogens is 490 g/mol. The number of pyridine rings is 1. The molecule has 2 aromatic heterocycles. The molecule has 1 aliphatic heterocycles. The summed E-state index contributed by atoms with van der Waals surface area (Å²) in [6.07, 6.45) is 6.21. The average Bonchev–Trinajstić information content (AvgIpc) is 3.45. The lowest BCUT2D eigenvalue weighted by atomic mass is 10.1. The van der Waals surface area contributed by atoms with E-state index in [2.05, 4.69) is 26.8 Å². The number of benzene rings is 2. The SMILES string of the molecule is CN(C)C(=O)Cn1cc(-c2cnc3c(c2)NC[C@@H](CNCCc2ccc(C#N)cc2)O3)cn1.[HH].[HH].c1ccccc1. The normalized spacial score (nSPS) is 13.5. The molecule has 3 heterocycles. The number of fused-ring (bicyclic) bond motifs is 1. The highest BCUT2D eigenvalue weighted by atomic mass is 16.5. The van der Waals surface area contributed by atoms with Crippen molar-refractivity contribution in [3.05, 3.63) is 96.4 Å². The predicted molar refractivity (Wildman–Crippen MR) is 155 cm³/mol. The summed E-state index contributed by atoms with van der Waals surface area (Å²) in [4.78, 5) is 17.9. The van der Waals surface area contributed by atoms with E-state index >= 15 is 0 Å². The standard InChI is InChI=1S/C24H27N7O2.C6H6.2H2/c1-30(2)23(32)16-31-15-20(12-29-31)19-9-22-24(28-11-19)33-21(14-27-22)13-26-8-7-17-3-5-18(10-25)6-4-17;1-2-4-6-5-3-1;;/h3-6,9,11-12,15,21,26-27H,7-8,13-14,16H2,1-2H3;1-6H;2*1H/t21-;;;/m1.../s1. The fourth-order valence-electron chi connectivity index (χ4n) is 3.87. The van der Waals surface area contributed by atoms with Crippen LogP contribution in [0.25, 0.3) is 11.1 Å². The zero-order chi connectivity index (χ0) is 27.5. The van der Waals surface area contributed by atoms with Gasteiger partial charge in [0.15, 0.2) is 0 Å². The van der Waals surface area contributed by atoms with Crippen LogP contribution < -0.4 is 15.4 Å². The van der Waals surface area contributed by atoms with Crippen LogP contribution in [0, 0.1) is 11.3 Å². The number of aromatic nitrogens is 3. The molecule has 39 heavy (non-hydrogen) atoms. The molecule has 0 fully saturated rings. The number of ether oxygens (including phenoxy) is 1. The molecule has 1 amide bonds. The minimum absolute atomic E-state index is 0. The first kappa shape index (κ1) is 27.4. The molecule has 9 nitrogen and oxygen atoms in total. The molecule has 0 aliphatic carbocycles. The fraction of sp³-hybridized carbons (Fsp3) is 0.267. The van der Waals surface area contributed by atoms with E-state index in [0.29, 0.717) is 24.5 Å². The molecule has 0 saturated carbocycles. The lowest BCUT2D eigenvalue weighted by molar-refractivity contribution is -0.129. The van der Waals surface area contributed by atoms with E-state index in [1.54, 1.807) is 36.1 Å². The maximum Gasteiger partial charge on any atom is 0.243 e. The Bertz CT molecular complexity index is 1360. The largest absolute Gasteiger partial charge is 0.470 e. The summed E-state index contributed by atoms with van der Waals surface area (Å²) in [5.41, 5.74) is 4.52. The van der Waals surface area contributed by atoms with Gasteiger partial charge in [-0.3, -0.25) is 9.48 Å². The quantitative estimate of drug-likeness (QED) is 0.332. The Hall–Kier alpha value is -4.68. The molecule has 4 aromatic rings. The molecule has 0 radical (unpaired) electrons. The number of nitrogens with zero attached hydrogens (tertiary/aromatic N) is 5. The highest BCUT2D eigenvalue weighted by Gasteiger charge is 2.21. The minimum atomic E-state index is -0.0170. The van der Waals surface area contributed by atoms with Crippen LogP contribution >= 0.6 is 0 Å². The first-order valence-corrected chi connectivity index (χ1v) is 12.8. The van der Waals surface area contributed by atoms with Crippen molar-refractivity contribution in [1.82, 2.24) is 25.0 Å². The van der Waals surface area contributed by atoms with Crippen molar-refractivity contribution in [3.8, 4) is 23.1 Å². The van der Waals surface area contributed by atoms with E-state index in [9.17, 15) is 4.79 Å². The third kappa shape index (κ3) is 8.15. The Labute approximate surface area is 232 Å². The van der Waals surface area contributed by atoms with Gasteiger partial charge in [0.1, 0.15) is 12.6 Å². The fourth-order valence-corrected chi connectivity index (χ4v) is 3.87. The van der Waals surface area contributed by atoms with Crippen LogP contribution in [0.2, 0.25) is 0 Å². The van der Waals surface area contributed by atoms with Gasteiger partial charge in [-0.1, -0.05) is 48.5 Å². The van der Waals surface area contributed by atoms with Gasteiger partial charge in [-0.15, -0.1) is 0 Å². The van der Waals surface area contributed by atoms with Gasteiger partial charge < -0.3 is 20.3 Å². The van der Waals surface area contributed by atoms with E-state index in [-0.39, 0.29) is 21.4 Å². The van der Waals surface area contributed by atoms with Crippen molar-refractivity contribution in [2.24, 2.45) is 0 Å². The molecule has 2 N–H and O–H groups in total. The number of nitrogens with one attached hydrogen (secondary N) is 2. The zero-order valence-corrected chi connectivity index (χ0v) is 22.2. The van der Waals surface area contributed by atoms with E-state index in [1.807, 2.05) is 72.9 Å². The smallest absolute Gasteiger partial charge is 0.243 e. The maximum absolute atomic E-state index is 11.9. The topological polar surface area (TPSA) is 108 Å². The molecular formula is C30H37N7O2. The molecule has 0 saturated heterocycles. The number of nitriles is 1. The van der Waals surface area contributed by atoms with Crippen LogP contribution in [0.1, 0.15) is 14.0 Å². The van der Waals surface area contributed by atoms with Gasteiger partial charge in [-0.05, 0) is 36.7 Å². The van der Waals surface area contributed by atoms with Crippen molar-refractivity contribution in [3.63, 3.8) is 0 Å². The van der Waals surface area contributed by atoms with Gasteiger partial charge in [-0.2, -0.15) is 10.4 Å². The molecule has 204 valence electrons. The van der Waals surface area contributed by atoms with Crippen molar-refractivity contribution in [2.75, 3.05) is 39.0 Å². The summed E-state index contributed by atoms with van der Waals surface area (Å²) in [5, 5.41) is 20.0. The number of amides is 1. The minimum Gasteiger partial charge on any atom is -0.470 e. The van der Waals surface area contributed by atoms with Crippen LogP contribution in [0.3, 0.4) is 0 Å². The number of likely N-dealkylation sites (N-methyl/N-ethyl adjacent to an activating group) is 1. The van der Waals surface area contributed by atoms with E-state index in [1.165, 1.54) is 5.56 Å². The van der Waals surface area contributed by atoms with Crippen LogP contribution in [0.4, 0.5) is 5.69 Å². The Morgan fingerprint density at radius 3 is 2.54 bits per heavy atom. The maximum atomic E-state index is 11.9. The third-order valence-corrected chi connectivity index (χ3v) is 6.12. The van der Waals surface area contributed by atoms with Gasteiger partial charge in [0.05, 0.1) is 30.1 Å². The van der Waals surface area contributed by atoms with Crippen molar-refractivity contribution >= 4 is 11.6 Å². The Balaban J connectivity index is 0.000000654. The second-order valence-corrected chi connectivity index (χ2v) is 9.33. The average molecular weight is 528 g/mol. The molecule has 2 aromatic carbocycles. The lowest BCUT2D eigenvalue weighted by Crippen LogP contribution is -2.40. The molecule has 0 bridgehead atoms. The van der Waals surface area contributed by atoms with Gasteiger partial charge in [0.25, 0.3) is 0 Å². The predicted octanol–water partition coefficient (Wildman–Crippen LogP) is 4.09. The second-order valence-electron chi connectivity index (χ2n) is 9.33. The molecule has 0 spiro atoms. The summed E-state index contributed by atoms with van der Waals surface area (Å²) >= 11 is 0. The summed E-state index contributed by atoms with van der Waals surface area (Å²) in [6.45, 7) is 2.41. The van der Waals surface area contributed by atoms with E-state index in [4.69, 9.17) is 10.00 Å². The summed E-state index contributed by atoms with van der Waals surface area (Å²) < 4.78 is 7.67. The van der Waals surface area contributed by atoms with Crippen LogP contribution in [-0.2, 0) is 17.8 Å². The van der Waals surface area contributed by atoms with Crippen molar-refractivity contribution < 1.29 is 12.4 Å². The summed E-state index contributed by atoms with van der Waals surface area (Å²) in [5.74, 6) is 0.568. The molecule has 0 unspecified atom stereocenters. The highest BCUT2D eigenvalue weighted by Crippen LogP contribution is 2.31. The number of carbonyl (C=O) groups excluding carboxylic acids is 1. The number of rotatable bonds is 8. The second kappa shape index (κ2) is 13.7. The van der Waals surface area contributed by atoms with Gasteiger partial charge in [0, 0.05) is 47.0 Å². The first-order valence-electron chi connectivity index (χ1n) is 12.8. The van der Waals surface area contributed by atoms with E-state index < -0.39 is 0 Å². The molecule has 1 atom stereocenters. The third-order valence-electron chi connectivity index (χ3n) is 6.12. The summed E-state index contributed by atoms with van der Waals surface area (Å²) in [6, 6.07) is 23.8. The van der Waals surface area contributed by atoms with Crippen LogP contribution in [0.5, 0.6) is 5.88 Å². The van der Waals surface area contributed by atoms with Crippen molar-refractivity contribution in [1.29, 1.82) is 5.26 Å². The molecule has 1 aliphatic rings. The monoisotopic (exact) mass is 527 g/mol. The van der Waals surface area contributed by atoms with E-state index in [0.717, 1.165) is 29.8 Å². The number of hydrogen-bond acceptors (Lipinski definition) is 7. The van der Waals surface area contributed by atoms with Crippen molar-refractivity contribution in [2.45, 2.75) is 19.1 Å². The van der Waals surface area contributed by atoms with Crippen LogP contribution in [-0.4, -0.2) is 65.4 Å². The first-order chi connectivity index (χ1) is 19.0. The van der Waals surface area contributed by atoms with Gasteiger partial charge in [-0.25, -0.2) is 4.98 Å². The van der Waals surface area contributed by atoms with Crippen LogP contribution in [0.15, 0.2) is 85.3 Å². The Morgan fingerprint density at radius 2 is 1.87 bits per heavy atom. The Kier molecular flexibility index (Phi) is 9.64. The Morgan fingerprint density at radius 1 is 1.15 bits per heavy atom. The van der Waals surface area contributed by atoms with Gasteiger partial charge >= 0.3 is 0 Å². The number of anilines is 1. The summed E-state index contributed by atoms with van der Waals surface area (Å²) in [7, 11) is 3.45. The van der Waals surface area contributed by atoms with Gasteiger partial charge in [0.2, 0.25) is 11.8 Å². The molecule has 5 rings (SSSR count). The number of carbonyl (C=O) groups is 1. The zero-order valence-electron chi connectivity index (χ0n) is 22.2. The number of hydrogen-bond donors (Lipinski definition) is 2.